The maximum atomic E-state index is 11.1. The predicted molar refractivity (Wildman–Crippen MR) is 47.7 cm³/mol. The Labute approximate surface area is 73.6 Å². The van der Waals surface area contributed by atoms with Gasteiger partial charge in [-0.15, -0.1) is 0 Å². The third-order valence-corrected chi connectivity index (χ3v) is 2.36. The zero-order chi connectivity index (χ0) is 9.14. The molecule has 0 amide bonds. The van der Waals surface area contributed by atoms with E-state index in [4.69, 9.17) is 4.74 Å². The smallest absolute Gasteiger partial charge is 0.306 e. The fraction of sp³-hybridized carbons (Fsp3) is 0.700. The molecule has 0 aromatic rings. The molecule has 68 valence electrons. The zero-order valence-electron chi connectivity index (χ0n) is 7.80. The van der Waals surface area contributed by atoms with Crippen molar-refractivity contribution in [2.75, 3.05) is 0 Å². The summed E-state index contributed by atoms with van der Waals surface area (Å²) >= 11 is 0. The Kier molecular flexibility index (Phi) is 2.90. The monoisotopic (exact) mass is 168 g/mol. The van der Waals surface area contributed by atoms with Crippen LogP contribution >= 0.6 is 0 Å². The highest BCUT2D eigenvalue weighted by Crippen LogP contribution is 2.25. The molecule has 1 rings (SSSR count). The summed E-state index contributed by atoms with van der Waals surface area (Å²) in [6.45, 7) is 7.80. The molecule has 1 heterocycles. The van der Waals surface area contributed by atoms with E-state index >= 15 is 0 Å². The van der Waals surface area contributed by atoms with Gasteiger partial charge in [-0.25, -0.2) is 0 Å². The molecule has 1 saturated heterocycles. The Bertz CT molecular complexity index is 196. The summed E-state index contributed by atoms with van der Waals surface area (Å²) < 4.78 is 5.11. The topological polar surface area (TPSA) is 26.3 Å². The molecule has 2 nitrogen and oxygen atoms in total. The summed E-state index contributed by atoms with van der Waals surface area (Å²) in [6.07, 6.45) is 2.59. The SMILES string of the molecule is C=C(C)[C@@H]1CC[C@@H](C)OC(=O)C1. The first-order chi connectivity index (χ1) is 5.59. The molecule has 0 radical (unpaired) electrons. The largest absolute Gasteiger partial charge is 0.463 e. The van der Waals surface area contributed by atoms with Crippen molar-refractivity contribution in [1.82, 2.24) is 0 Å². The average Bonchev–Trinajstić information content (AvgIpc) is 2.11. The number of esters is 1. The lowest BCUT2D eigenvalue weighted by atomic mass is 9.93. The van der Waals surface area contributed by atoms with Crippen LogP contribution in [0.2, 0.25) is 0 Å². The molecule has 0 unspecified atom stereocenters. The summed E-state index contributed by atoms with van der Waals surface area (Å²) in [5.74, 6) is 0.260. The Balaban J connectivity index is 2.58. The van der Waals surface area contributed by atoms with Crippen molar-refractivity contribution >= 4 is 5.97 Å². The molecule has 0 spiro atoms. The van der Waals surface area contributed by atoms with E-state index in [2.05, 4.69) is 6.58 Å². The van der Waals surface area contributed by atoms with Crippen LogP contribution in [-0.4, -0.2) is 12.1 Å². The second-order valence-electron chi connectivity index (χ2n) is 3.63. The molecule has 0 aromatic carbocycles. The number of carbonyl (C=O) groups is 1. The molecule has 0 saturated carbocycles. The fourth-order valence-corrected chi connectivity index (χ4v) is 1.49. The van der Waals surface area contributed by atoms with E-state index in [1.54, 1.807) is 0 Å². The predicted octanol–water partition coefficient (Wildman–Crippen LogP) is 2.29. The quantitative estimate of drug-likeness (QED) is 0.443. The van der Waals surface area contributed by atoms with Gasteiger partial charge >= 0.3 is 5.97 Å². The molecule has 0 bridgehead atoms. The Hall–Kier alpha value is -0.790. The van der Waals surface area contributed by atoms with E-state index in [-0.39, 0.29) is 12.1 Å². The van der Waals surface area contributed by atoms with E-state index in [1.165, 1.54) is 0 Å². The molecule has 1 aliphatic rings. The third-order valence-electron chi connectivity index (χ3n) is 2.36. The van der Waals surface area contributed by atoms with Gasteiger partial charge < -0.3 is 4.74 Å². The summed E-state index contributed by atoms with van der Waals surface area (Å²) in [4.78, 5) is 11.1. The van der Waals surface area contributed by atoms with Crippen molar-refractivity contribution in [3.63, 3.8) is 0 Å². The molecule has 2 heteroatoms. The second-order valence-corrected chi connectivity index (χ2v) is 3.63. The molecule has 0 aromatic heterocycles. The van der Waals surface area contributed by atoms with Crippen molar-refractivity contribution in [2.24, 2.45) is 5.92 Å². The molecule has 2 atom stereocenters. The van der Waals surface area contributed by atoms with Crippen molar-refractivity contribution in [3.05, 3.63) is 12.2 Å². The molecule has 0 N–H and O–H groups in total. The normalized spacial score (nSPS) is 30.7. The van der Waals surface area contributed by atoms with Gasteiger partial charge in [0.05, 0.1) is 12.5 Å². The van der Waals surface area contributed by atoms with E-state index in [1.807, 2.05) is 13.8 Å². The molecule has 12 heavy (non-hydrogen) atoms. The van der Waals surface area contributed by atoms with Gasteiger partial charge in [-0.05, 0) is 32.6 Å². The van der Waals surface area contributed by atoms with E-state index < -0.39 is 0 Å². The standard InChI is InChI=1S/C10H16O2/c1-7(2)9-5-4-8(3)12-10(11)6-9/h8-9H,1,4-6H2,2-3H3/t8-,9-/m1/s1. The molecular formula is C10H16O2. The van der Waals surface area contributed by atoms with Crippen LogP contribution in [0.25, 0.3) is 0 Å². The van der Waals surface area contributed by atoms with Gasteiger partial charge in [-0.3, -0.25) is 4.79 Å². The van der Waals surface area contributed by atoms with Crippen molar-refractivity contribution in [1.29, 1.82) is 0 Å². The molecule has 0 aliphatic carbocycles. The summed E-state index contributed by atoms with van der Waals surface area (Å²) in [6, 6.07) is 0. The van der Waals surface area contributed by atoms with Gasteiger partial charge in [0, 0.05) is 0 Å². The number of hydrogen-bond acceptors (Lipinski definition) is 2. The van der Waals surface area contributed by atoms with E-state index in [9.17, 15) is 4.79 Å². The van der Waals surface area contributed by atoms with Gasteiger partial charge in [0.15, 0.2) is 0 Å². The second kappa shape index (κ2) is 3.74. The lowest BCUT2D eigenvalue weighted by molar-refractivity contribution is -0.147. The summed E-state index contributed by atoms with van der Waals surface area (Å²) in [5, 5.41) is 0. The van der Waals surface area contributed by atoms with Crippen LogP contribution in [0.1, 0.15) is 33.1 Å². The minimum absolute atomic E-state index is 0.0759. The van der Waals surface area contributed by atoms with E-state index in [0.717, 1.165) is 18.4 Å². The van der Waals surface area contributed by atoms with Crippen LogP contribution in [-0.2, 0) is 9.53 Å². The Morgan fingerprint density at radius 1 is 1.58 bits per heavy atom. The van der Waals surface area contributed by atoms with Crippen molar-refractivity contribution in [3.8, 4) is 0 Å². The first-order valence-corrected chi connectivity index (χ1v) is 4.44. The highest BCUT2D eigenvalue weighted by Gasteiger charge is 2.22. The number of allylic oxidation sites excluding steroid dienone is 1. The molecule has 1 aliphatic heterocycles. The van der Waals surface area contributed by atoms with Gasteiger partial charge in [0.2, 0.25) is 0 Å². The molecule has 1 fully saturated rings. The lowest BCUT2D eigenvalue weighted by Crippen LogP contribution is -2.11. The first kappa shape index (κ1) is 9.30. The van der Waals surface area contributed by atoms with E-state index in [0.29, 0.717) is 12.3 Å². The maximum Gasteiger partial charge on any atom is 0.306 e. The number of cyclic esters (lactones) is 1. The highest BCUT2D eigenvalue weighted by atomic mass is 16.5. The number of carbonyl (C=O) groups excluding carboxylic acids is 1. The maximum absolute atomic E-state index is 11.1. The van der Waals surface area contributed by atoms with Crippen LogP contribution in [0.4, 0.5) is 0 Å². The van der Waals surface area contributed by atoms with Gasteiger partial charge in [0.1, 0.15) is 0 Å². The van der Waals surface area contributed by atoms with Gasteiger partial charge in [-0.2, -0.15) is 0 Å². The average molecular weight is 168 g/mol. The zero-order valence-corrected chi connectivity index (χ0v) is 7.80. The highest BCUT2D eigenvalue weighted by molar-refractivity contribution is 5.70. The third kappa shape index (κ3) is 2.36. The minimum atomic E-state index is -0.0759. The Morgan fingerprint density at radius 2 is 2.25 bits per heavy atom. The van der Waals surface area contributed by atoms with Crippen LogP contribution in [0, 0.1) is 5.92 Å². The van der Waals surface area contributed by atoms with Gasteiger partial charge in [-0.1, -0.05) is 12.2 Å². The van der Waals surface area contributed by atoms with Crippen molar-refractivity contribution < 1.29 is 9.53 Å². The van der Waals surface area contributed by atoms with Crippen LogP contribution in [0.5, 0.6) is 0 Å². The van der Waals surface area contributed by atoms with Crippen LogP contribution < -0.4 is 0 Å². The number of ether oxygens (including phenoxy) is 1. The fourth-order valence-electron chi connectivity index (χ4n) is 1.49. The first-order valence-electron chi connectivity index (χ1n) is 4.44. The van der Waals surface area contributed by atoms with Crippen molar-refractivity contribution in [2.45, 2.75) is 39.2 Å². The van der Waals surface area contributed by atoms with Crippen LogP contribution in [0.15, 0.2) is 12.2 Å². The number of hydrogen-bond donors (Lipinski definition) is 0. The van der Waals surface area contributed by atoms with Gasteiger partial charge in [0.25, 0.3) is 0 Å². The van der Waals surface area contributed by atoms with Crippen LogP contribution in [0.3, 0.4) is 0 Å². The number of rotatable bonds is 1. The minimum Gasteiger partial charge on any atom is -0.463 e. The lowest BCUT2D eigenvalue weighted by Gasteiger charge is -2.10. The summed E-state index contributed by atoms with van der Waals surface area (Å²) in [7, 11) is 0. The summed E-state index contributed by atoms with van der Waals surface area (Å²) in [5.41, 5.74) is 1.10. The molecular weight excluding hydrogens is 152 g/mol. The Morgan fingerprint density at radius 3 is 2.83 bits per heavy atom.